The number of nitrogens with one attached hydrogen (secondary N) is 1. The molecule has 0 amide bonds. The maximum Gasteiger partial charge on any atom is 0.170 e. The minimum absolute atomic E-state index is 0.0928. The first-order valence-corrected chi connectivity index (χ1v) is 7.53. The van der Waals surface area contributed by atoms with Crippen molar-refractivity contribution in [1.29, 1.82) is 0 Å². The van der Waals surface area contributed by atoms with Gasteiger partial charge < -0.3 is 21.0 Å². The van der Waals surface area contributed by atoms with Gasteiger partial charge in [0.2, 0.25) is 0 Å². The van der Waals surface area contributed by atoms with Gasteiger partial charge in [0.05, 0.1) is 0 Å². The Bertz CT molecular complexity index is 421. The van der Waals surface area contributed by atoms with E-state index in [0.29, 0.717) is 12.2 Å². The lowest BCUT2D eigenvalue weighted by molar-refractivity contribution is 0.315. The molecular formula is C14H21N3O2S. The average molecular weight is 295 g/mol. The molecule has 0 aliphatic carbocycles. The summed E-state index contributed by atoms with van der Waals surface area (Å²) in [7, 11) is 0. The zero-order valence-corrected chi connectivity index (χ0v) is 12.2. The lowest BCUT2D eigenvalue weighted by Gasteiger charge is -2.08. The van der Waals surface area contributed by atoms with E-state index in [1.165, 1.54) is 0 Å². The van der Waals surface area contributed by atoms with Crippen molar-refractivity contribution in [2.75, 3.05) is 31.2 Å². The Labute approximate surface area is 123 Å². The maximum absolute atomic E-state index is 8.55. The predicted octanol–water partition coefficient (Wildman–Crippen LogP) is 1.67. The van der Waals surface area contributed by atoms with Crippen LogP contribution < -0.4 is 15.8 Å². The fraction of sp³-hybridized carbons (Fsp3) is 0.357. The maximum atomic E-state index is 8.55. The Kier molecular flexibility index (Phi) is 8.33. The Balaban J connectivity index is 2.14. The SMILES string of the molecule is C=CCSCCNCCOc1ccc(/C(N)=N\O)cc1. The Morgan fingerprint density at radius 3 is 2.80 bits per heavy atom. The van der Waals surface area contributed by atoms with Crippen molar-refractivity contribution in [2.24, 2.45) is 10.9 Å². The van der Waals surface area contributed by atoms with Crippen molar-refractivity contribution in [3.05, 3.63) is 42.5 Å². The summed E-state index contributed by atoms with van der Waals surface area (Å²) in [5.41, 5.74) is 6.14. The third-order valence-corrected chi connectivity index (χ3v) is 3.43. The van der Waals surface area contributed by atoms with E-state index in [2.05, 4.69) is 17.1 Å². The Hall–Kier alpha value is -1.66. The second-order valence-electron chi connectivity index (χ2n) is 3.97. The van der Waals surface area contributed by atoms with Crippen LogP contribution in [0.2, 0.25) is 0 Å². The van der Waals surface area contributed by atoms with Gasteiger partial charge in [-0.15, -0.1) is 6.58 Å². The summed E-state index contributed by atoms with van der Waals surface area (Å²) in [6.45, 7) is 6.04. The summed E-state index contributed by atoms with van der Waals surface area (Å²) in [5, 5.41) is 14.8. The first-order chi connectivity index (χ1) is 9.77. The van der Waals surface area contributed by atoms with Gasteiger partial charge in [-0.3, -0.25) is 0 Å². The van der Waals surface area contributed by atoms with Crippen LogP contribution in [0.1, 0.15) is 5.56 Å². The molecule has 0 saturated heterocycles. The molecule has 1 rings (SSSR count). The van der Waals surface area contributed by atoms with Gasteiger partial charge in [0.25, 0.3) is 0 Å². The molecule has 0 aliphatic heterocycles. The molecule has 1 aromatic rings. The molecule has 0 fully saturated rings. The number of hydrogen-bond donors (Lipinski definition) is 3. The van der Waals surface area contributed by atoms with Crippen LogP contribution >= 0.6 is 11.8 Å². The van der Waals surface area contributed by atoms with Crippen molar-refractivity contribution >= 4 is 17.6 Å². The second-order valence-corrected chi connectivity index (χ2v) is 5.12. The Morgan fingerprint density at radius 1 is 1.40 bits per heavy atom. The third-order valence-electron chi connectivity index (χ3n) is 2.46. The number of amidine groups is 1. The lowest BCUT2D eigenvalue weighted by Crippen LogP contribution is -2.23. The summed E-state index contributed by atoms with van der Waals surface area (Å²) in [6, 6.07) is 7.11. The number of nitrogens with two attached hydrogens (primary N) is 1. The number of thioether (sulfide) groups is 1. The van der Waals surface area contributed by atoms with Gasteiger partial charge in [0.1, 0.15) is 12.4 Å². The van der Waals surface area contributed by atoms with Crippen molar-refractivity contribution in [2.45, 2.75) is 0 Å². The van der Waals surface area contributed by atoms with Crippen LogP contribution in [0.25, 0.3) is 0 Å². The molecule has 6 heteroatoms. The number of rotatable bonds is 10. The fourth-order valence-corrected chi connectivity index (χ4v) is 2.08. The van der Waals surface area contributed by atoms with E-state index in [4.69, 9.17) is 15.7 Å². The molecule has 0 unspecified atom stereocenters. The highest BCUT2D eigenvalue weighted by Gasteiger charge is 1.99. The smallest absolute Gasteiger partial charge is 0.170 e. The lowest BCUT2D eigenvalue weighted by atomic mass is 10.2. The van der Waals surface area contributed by atoms with Crippen LogP contribution in [-0.2, 0) is 0 Å². The van der Waals surface area contributed by atoms with Crippen molar-refractivity contribution in [1.82, 2.24) is 5.32 Å². The summed E-state index contributed by atoms with van der Waals surface area (Å²) in [4.78, 5) is 0. The average Bonchev–Trinajstić information content (AvgIpc) is 2.50. The molecule has 20 heavy (non-hydrogen) atoms. The molecule has 0 aliphatic rings. The van der Waals surface area contributed by atoms with Crippen molar-refractivity contribution in [3.63, 3.8) is 0 Å². The zero-order chi connectivity index (χ0) is 14.6. The van der Waals surface area contributed by atoms with Crippen molar-refractivity contribution in [3.8, 4) is 5.75 Å². The van der Waals surface area contributed by atoms with Crippen LogP contribution in [0.5, 0.6) is 5.75 Å². The molecule has 0 atom stereocenters. The highest BCUT2D eigenvalue weighted by atomic mass is 32.2. The predicted molar refractivity (Wildman–Crippen MR) is 84.8 cm³/mol. The largest absolute Gasteiger partial charge is 0.492 e. The minimum atomic E-state index is 0.0928. The van der Waals surface area contributed by atoms with Gasteiger partial charge in [-0.25, -0.2) is 0 Å². The quantitative estimate of drug-likeness (QED) is 0.153. The molecule has 0 radical (unpaired) electrons. The molecule has 1 aromatic carbocycles. The van der Waals surface area contributed by atoms with Crippen LogP contribution in [0, 0.1) is 0 Å². The van der Waals surface area contributed by atoms with E-state index in [-0.39, 0.29) is 5.84 Å². The standard InChI is InChI=1S/C14H21N3O2S/c1-2-10-20-11-8-16-7-9-19-13-5-3-12(4-6-13)14(15)17-18/h2-6,16,18H,1,7-11H2,(H2,15,17). The summed E-state index contributed by atoms with van der Waals surface area (Å²) < 4.78 is 5.57. The monoisotopic (exact) mass is 295 g/mol. The first-order valence-electron chi connectivity index (χ1n) is 6.38. The van der Waals surface area contributed by atoms with Gasteiger partial charge in [0.15, 0.2) is 5.84 Å². The van der Waals surface area contributed by atoms with Gasteiger partial charge in [-0.1, -0.05) is 11.2 Å². The van der Waals surface area contributed by atoms with Gasteiger partial charge in [0, 0.05) is 30.2 Å². The highest BCUT2D eigenvalue weighted by molar-refractivity contribution is 7.99. The van der Waals surface area contributed by atoms with E-state index in [9.17, 15) is 0 Å². The number of nitrogens with zero attached hydrogens (tertiary/aromatic N) is 1. The molecule has 0 spiro atoms. The summed E-state index contributed by atoms with van der Waals surface area (Å²) in [5.74, 6) is 2.92. The normalized spacial score (nSPS) is 11.3. The number of oxime groups is 1. The number of hydrogen-bond acceptors (Lipinski definition) is 5. The number of benzene rings is 1. The topological polar surface area (TPSA) is 79.9 Å². The van der Waals surface area contributed by atoms with E-state index < -0.39 is 0 Å². The van der Waals surface area contributed by atoms with E-state index in [0.717, 1.165) is 30.3 Å². The Morgan fingerprint density at radius 2 is 2.15 bits per heavy atom. The van der Waals surface area contributed by atoms with Crippen LogP contribution in [0.3, 0.4) is 0 Å². The molecular weight excluding hydrogens is 274 g/mol. The molecule has 0 aromatic heterocycles. The minimum Gasteiger partial charge on any atom is -0.492 e. The van der Waals surface area contributed by atoms with Crippen LogP contribution in [-0.4, -0.2) is 42.2 Å². The van der Waals surface area contributed by atoms with Crippen LogP contribution in [0.15, 0.2) is 42.1 Å². The fourth-order valence-electron chi connectivity index (χ4n) is 1.46. The molecule has 0 saturated carbocycles. The van der Waals surface area contributed by atoms with Gasteiger partial charge >= 0.3 is 0 Å². The number of ether oxygens (including phenoxy) is 1. The van der Waals surface area contributed by atoms with Crippen LogP contribution in [0.4, 0.5) is 0 Å². The highest BCUT2D eigenvalue weighted by Crippen LogP contribution is 2.11. The second kappa shape index (κ2) is 10.2. The van der Waals surface area contributed by atoms with E-state index in [1.54, 1.807) is 24.3 Å². The van der Waals surface area contributed by atoms with Crippen molar-refractivity contribution < 1.29 is 9.94 Å². The van der Waals surface area contributed by atoms with E-state index in [1.807, 2.05) is 17.8 Å². The zero-order valence-electron chi connectivity index (χ0n) is 11.4. The molecule has 0 heterocycles. The molecule has 5 nitrogen and oxygen atoms in total. The van der Waals surface area contributed by atoms with Gasteiger partial charge in [-0.05, 0) is 24.3 Å². The molecule has 4 N–H and O–H groups in total. The van der Waals surface area contributed by atoms with E-state index >= 15 is 0 Å². The third kappa shape index (κ3) is 6.49. The first kappa shape index (κ1) is 16.4. The molecule has 0 bridgehead atoms. The summed E-state index contributed by atoms with van der Waals surface area (Å²) >= 11 is 1.85. The van der Waals surface area contributed by atoms with Gasteiger partial charge in [-0.2, -0.15) is 11.8 Å². The molecule has 110 valence electrons. The summed E-state index contributed by atoms with van der Waals surface area (Å²) in [6.07, 6.45) is 1.91.